The van der Waals surface area contributed by atoms with Crippen LogP contribution in [0.5, 0.6) is 0 Å². The number of hydrogen-bond acceptors (Lipinski definition) is 10. The number of nitrogens with one attached hydrogen (secondary N) is 2. The molecule has 8 heterocycles. The monoisotopic (exact) mass is 861 g/mol. The topological polar surface area (TPSA) is 69.3 Å². The van der Waals surface area contributed by atoms with Gasteiger partial charge in [0.1, 0.15) is 0 Å². The summed E-state index contributed by atoms with van der Waals surface area (Å²) in [6.07, 6.45) is 17.5. The van der Waals surface area contributed by atoms with Crippen LogP contribution >= 0.6 is 0 Å². The largest absolute Gasteiger partial charge is 0.368 e. The van der Waals surface area contributed by atoms with Crippen molar-refractivity contribution in [3.63, 3.8) is 0 Å². The Balaban J connectivity index is 0.783. The number of hydrogen-bond donors (Lipinski definition) is 2. The van der Waals surface area contributed by atoms with Gasteiger partial charge in [0.25, 0.3) is 0 Å². The Hall–Kier alpha value is -3.90. The molecule has 2 N–H and O–H groups in total. The summed E-state index contributed by atoms with van der Waals surface area (Å²) < 4.78 is 0. The Morgan fingerprint density at radius 2 is 1.23 bits per heavy atom. The van der Waals surface area contributed by atoms with E-state index in [4.69, 9.17) is 9.97 Å². The summed E-state index contributed by atoms with van der Waals surface area (Å²) in [6, 6.07) is 24.4. The Kier molecular flexibility index (Phi) is 11.5. The molecule has 0 spiro atoms. The predicted molar refractivity (Wildman–Crippen MR) is 258 cm³/mol. The molecule has 64 heavy (non-hydrogen) atoms. The van der Waals surface area contributed by atoms with Crippen LogP contribution in [0, 0.1) is 0 Å². The van der Waals surface area contributed by atoms with E-state index in [1.807, 2.05) is 6.20 Å². The number of aryl methyl sites for hydroxylation is 1. The molecule has 1 unspecified atom stereocenters. The van der Waals surface area contributed by atoms with Gasteiger partial charge in [-0.05, 0) is 161 Å². The standard InChI is InChI=1S/C54H72N10/c1-59(50-16-3-9-37-11-5-19-55-53(37)50)33-42-30-48-40(32-58-42)27-39(28-52(48)64-26-24-62-22-8-13-44(62)36-64)45-17-18-51(54-46(45)14-6-20-56-54)60(2)34-41-29-47-38(31-57-41)10-4-15-49(47)63-25-23-61-21-7-12-43(61)35-63/h4-6,10-11,14-15,19-20,27-28,41-45,50-51,57-58H,3,7-9,12-13,16-18,21-26,29-36H2,1-2H3/t41-,42-,43+,44-,45?,50+,51+/m1/s1. The summed E-state index contributed by atoms with van der Waals surface area (Å²) in [4.78, 5) is 26.4. The van der Waals surface area contributed by atoms with E-state index in [1.165, 1.54) is 122 Å². The molecule has 2 aliphatic carbocycles. The van der Waals surface area contributed by atoms with Crippen LogP contribution in [0.15, 0.2) is 67.0 Å². The van der Waals surface area contributed by atoms with Crippen molar-refractivity contribution < 1.29 is 0 Å². The molecule has 338 valence electrons. The second-order valence-electron chi connectivity index (χ2n) is 21.2. The van der Waals surface area contributed by atoms with Gasteiger partial charge in [-0.25, -0.2) is 0 Å². The number of fused-ring (bicyclic) bond motifs is 6. The molecular weight excluding hydrogens is 789 g/mol. The molecule has 0 bridgehead atoms. The predicted octanol–water partition coefficient (Wildman–Crippen LogP) is 6.68. The van der Waals surface area contributed by atoms with Crippen molar-refractivity contribution in [2.45, 2.75) is 126 Å². The minimum Gasteiger partial charge on any atom is -0.368 e. The highest BCUT2D eigenvalue weighted by Gasteiger charge is 2.38. The number of aromatic nitrogens is 2. The lowest BCUT2D eigenvalue weighted by Gasteiger charge is -2.43. The first-order chi connectivity index (χ1) is 31.5. The Morgan fingerprint density at radius 3 is 1.98 bits per heavy atom. The van der Waals surface area contributed by atoms with Gasteiger partial charge in [0.15, 0.2) is 0 Å². The highest BCUT2D eigenvalue weighted by Crippen LogP contribution is 2.45. The molecule has 6 aliphatic heterocycles. The molecular formula is C54H72N10. The van der Waals surface area contributed by atoms with E-state index in [1.54, 1.807) is 11.1 Å². The number of pyridine rings is 2. The van der Waals surface area contributed by atoms with Crippen LogP contribution in [0.2, 0.25) is 0 Å². The van der Waals surface area contributed by atoms with Gasteiger partial charge in [-0.3, -0.25) is 29.6 Å². The molecule has 12 rings (SSSR count). The van der Waals surface area contributed by atoms with Crippen LogP contribution < -0.4 is 20.4 Å². The number of rotatable bonds is 9. The summed E-state index contributed by atoms with van der Waals surface area (Å²) in [5.41, 5.74) is 16.2. The van der Waals surface area contributed by atoms with E-state index in [-0.39, 0.29) is 0 Å². The molecule has 0 radical (unpaired) electrons. The third-order valence-electron chi connectivity index (χ3n) is 17.4. The second kappa shape index (κ2) is 17.7. The van der Waals surface area contributed by atoms with Gasteiger partial charge >= 0.3 is 0 Å². The minimum absolute atomic E-state index is 0.319. The van der Waals surface area contributed by atoms with Crippen molar-refractivity contribution in [1.82, 2.24) is 40.2 Å². The van der Waals surface area contributed by atoms with E-state index in [0.717, 1.165) is 84.0 Å². The summed E-state index contributed by atoms with van der Waals surface area (Å²) in [6.45, 7) is 13.6. The van der Waals surface area contributed by atoms with E-state index >= 15 is 0 Å². The third-order valence-corrected chi connectivity index (χ3v) is 17.4. The van der Waals surface area contributed by atoms with Crippen LogP contribution in [0.1, 0.15) is 120 Å². The average molecular weight is 861 g/mol. The van der Waals surface area contributed by atoms with Gasteiger partial charge < -0.3 is 20.4 Å². The fourth-order valence-corrected chi connectivity index (χ4v) is 14.1. The average Bonchev–Trinajstić information content (AvgIpc) is 4.02. The molecule has 10 nitrogen and oxygen atoms in total. The Morgan fingerprint density at radius 1 is 0.594 bits per heavy atom. The van der Waals surface area contributed by atoms with Gasteiger partial charge in [-0.15, -0.1) is 0 Å². The zero-order valence-electron chi connectivity index (χ0n) is 38.7. The minimum atomic E-state index is 0.319. The van der Waals surface area contributed by atoms with Gasteiger partial charge in [0.2, 0.25) is 0 Å². The summed E-state index contributed by atoms with van der Waals surface area (Å²) >= 11 is 0. The molecule has 2 aromatic carbocycles. The molecule has 4 fully saturated rings. The van der Waals surface area contributed by atoms with Crippen molar-refractivity contribution in [2.75, 3.05) is 89.3 Å². The first kappa shape index (κ1) is 41.5. The van der Waals surface area contributed by atoms with E-state index < -0.39 is 0 Å². The van der Waals surface area contributed by atoms with E-state index in [2.05, 4.69) is 115 Å². The van der Waals surface area contributed by atoms with Crippen molar-refractivity contribution in [1.29, 1.82) is 0 Å². The number of nitrogens with zero attached hydrogens (tertiary/aromatic N) is 8. The molecule has 7 atom stereocenters. The molecule has 0 saturated carbocycles. The number of likely N-dealkylation sites (N-methyl/N-ethyl adjacent to an activating group) is 2. The molecule has 4 aromatic rings. The van der Waals surface area contributed by atoms with Crippen LogP contribution in [0.25, 0.3) is 0 Å². The van der Waals surface area contributed by atoms with Gasteiger partial charge in [-0.2, -0.15) is 0 Å². The second-order valence-corrected chi connectivity index (χ2v) is 21.2. The number of piperazine rings is 2. The normalized spacial score (nSPS) is 29.3. The molecule has 8 aliphatic rings. The summed E-state index contributed by atoms with van der Waals surface area (Å²) in [5, 5.41) is 8.04. The van der Waals surface area contributed by atoms with Crippen LogP contribution in [-0.4, -0.2) is 133 Å². The first-order valence-electron chi connectivity index (χ1n) is 25.5. The molecule has 0 amide bonds. The zero-order valence-corrected chi connectivity index (χ0v) is 38.7. The third kappa shape index (κ3) is 7.87. The quantitative estimate of drug-likeness (QED) is 0.191. The van der Waals surface area contributed by atoms with Crippen molar-refractivity contribution in [2.24, 2.45) is 0 Å². The highest BCUT2D eigenvalue weighted by molar-refractivity contribution is 5.62. The van der Waals surface area contributed by atoms with E-state index in [0.29, 0.717) is 36.1 Å². The SMILES string of the molecule is CN(C[C@H]1Cc2c(cc(C3CC[C@H](N(C)C[C@H]4Cc5c(cccc5N5CCN6CCC[C@H]6C5)CN4)c4ncccc43)cc2N2CCN3CCC[C@@H]3C2)CN1)[C@H]1CCCc2cccnc21. The Labute approximate surface area is 382 Å². The summed E-state index contributed by atoms with van der Waals surface area (Å²) in [7, 11) is 4.71. The highest BCUT2D eigenvalue weighted by atomic mass is 15.3. The molecule has 4 saturated heterocycles. The lowest BCUT2D eigenvalue weighted by molar-refractivity contribution is 0.187. The lowest BCUT2D eigenvalue weighted by Crippen LogP contribution is -2.51. The summed E-state index contributed by atoms with van der Waals surface area (Å²) in [5.74, 6) is 0.357. The van der Waals surface area contributed by atoms with Crippen molar-refractivity contribution >= 4 is 11.4 Å². The molecule has 10 heteroatoms. The zero-order chi connectivity index (χ0) is 42.7. The molecule has 2 aromatic heterocycles. The van der Waals surface area contributed by atoms with Crippen molar-refractivity contribution in [3.05, 3.63) is 117 Å². The fourth-order valence-electron chi connectivity index (χ4n) is 14.1. The van der Waals surface area contributed by atoms with Crippen molar-refractivity contribution in [3.8, 4) is 0 Å². The van der Waals surface area contributed by atoms with Crippen LogP contribution in [0.4, 0.5) is 11.4 Å². The van der Waals surface area contributed by atoms with Gasteiger partial charge in [-0.1, -0.05) is 30.3 Å². The number of benzene rings is 2. The van der Waals surface area contributed by atoms with Crippen LogP contribution in [0.3, 0.4) is 0 Å². The maximum absolute atomic E-state index is 5.24. The Bertz CT molecular complexity index is 2310. The van der Waals surface area contributed by atoms with Gasteiger partial charge in [0, 0.05) is 119 Å². The number of anilines is 2. The van der Waals surface area contributed by atoms with E-state index in [9.17, 15) is 0 Å². The van der Waals surface area contributed by atoms with Crippen LogP contribution in [-0.2, 0) is 32.4 Å². The smallest absolute Gasteiger partial charge is 0.0613 e. The van der Waals surface area contributed by atoms with Gasteiger partial charge in [0.05, 0.1) is 23.5 Å². The lowest BCUT2D eigenvalue weighted by atomic mass is 9.77. The maximum Gasteiger partial charge on any atom is 0.0613 e. The first-order valence-corrected chi connectivity index (χ1v) is 25.5. The fraction of sp³-hybridized carbons (Fsp3) is 0.593. The maximum atomic E-state index is 5.24.